The standard InChI is InChI=1S/C57H75N3O14S/c1-5-6-7-10-31-60(57-59-48-11-8-9-12-50(48)75-57)58-33-44-32-47(73-55(67)42-23-27-46(28-24-42)72-52(64)37(4)70-54(66)41-19-15-39(16-20-41)36(3)62)29-30-49(44)74-56(68)43-21-25-45(26-22-43)71-51(63)34-69-53(65)40-17-13-38(14-18-40)35(2)61/h8-9,11-12,29-30,32,37-43,45-46,58H,5-7,10,13-28,31,33-34H2,1-4H3. The first-order valence-electron chi connectivity index (χ1n) is 27.3. The Bertz CT molecular complexity index is 2430. The predicted molar refractivity (Wildman–Crippen MR) is 278 cm³/mol. The van der Waals surface area contributed by atoms with Gasteiger partial charge in [-0.05, 0) is 160 Å². The van der Waals surface area contributed by atoms with E-state index in [1.54, 1.807) is 43.4 Å². The molecule has 1 aromatic heterocycles. The highest BCUT2D eigenvalue weighted by molar-refractivity contribution is 7.22. The second-order valence-electron chi connectivity index (χ2n) is 21.0. The largest absolute Gasteiger partial charge is 0.460 e. The summed E-state index contributed by atoms with van der Waals surface area (Å²) in [7, 11) is 0. The molecule has 0 bridgehead atoms. The van der Waals surface area contributed by atoms with Crippen LogP contribution in [0.15, 0.2) is 42.5 Å². The van der Waals surface area contributed by atoms with Crippen molar-refractivity contribution in [2.24, 2.45) is 35.5 Å². The second kappa shape index (κ2) is 27.9. The maximum Gasteiger partial charge on any atom is 0.347 e. The number of thiazole rings is 1. The lowest BCUT2D eigenvalue weighted by Crippen LogP contribution is -2.38. The first-order valence-corrected chi connectivity index (χ1v) is 28.2. The van der Waals surface area contributed by atoms with E-state index in [1.165, 1.54) is 6.92 Å². The fourth-order valence-electron chi connectivity index (χ4n) is 10.7. The molecular weight excluding hydrogens is 983 g/mol. The van der Waals surface area contributed by atoms with Crippen molar-refractivity contribution in [1.82, 2.24) is 10.4 Å². The molecule has 1 heterocycles. The van der Waals surface area contributed by atoms with Crippen molar-refractivity contribution in [3.05, 3.63) is 48.0 Å². The number of ketones is 2. The summed E-state index contributed by atoms with van der Waals surface area (Å²) in [4.78, 5) is 107. The van der Waals surface area contributed by atoms with Gasteiger partial charge in [0.25, 0.3) is 0 Å². The van der Waals surface area contributed by atoms with E-state index in [0.29, 0.717) is 121 Å². The van der Waals surface area contributed by atoms with E-state index < -0.39 is 72.6 Å². The maximum absolute atomic E-state index is 13.8. The second-order valence-corrected chi connectivity index (χ2v) is 22.0. The number of hydrazine groups is 1. The zero-order valence-electron chi connectivity index (χ0n) is 44.0. The minimum absolute atomic E-state index is 0.0260. The highest BCUT2D eigenvalue weighted by Gasteiger charge is 2.36. The van der Waals surface area contributed by atoms with Crippen LogP contribution in [0.1, 0.15) is 162 Å². The molecule has 0 amide bonds. The van der Waals surface area contributed by atoms with Crippen LogP contribution in [-0.2, 0) is 63.8 Å². The van der Waals surface area contributed by atoms with Gasteiger partial charge in [0.15, 0.2) is 12.7 Å². The van der Waals surface area contributed by atoms with Gasteiger partial charge in [-0.15, -0.1) is 0 Å². The number of benzene rings is 2. The number of carbonyl (C=O) groups excluding carboxylic acids is 8. The van der Waals surface area contributed by atoms with E-state index in [1.807, 2.05) is 29.3 Å². The SMILES string of the molecule is CCCCCCN(NCc1cc(OC(=O)C2CCC(OC(=O)C(C)OC(=O)C3CCC(C(C)=O)CC3)CC2)ccc1OC(=O)C1CCC(OC(=O)COC(=O)C2CCC(C(C)=O)CC2)CC1)c1nc2ccccc2s1. The average molecular weight is 1060 g/mol. The van der Waals surface area contributed by atoms with E-state index >= 15 is 0 Å². The number of anilines is 1. The van der Waals surface area contributed by atoms with E-state index in [4.69, 9.17) is 33.4 Å². The number of para-hydroxylation sites is 1. The van der Waals surface area contributed by atoms with E-state index in [9.17, 15) is 38.4 Å². The van der Waals surface area contributed by atoms with Crippen molar-refractivity contribution in [3.8, 4) is 11.5 Å². The summed E-state index contributed by atoms with van der Waals surface area (Å²) in [5, 5.41) is 2.81. The number of rotatable bonds is 23. The van der Waals surface area contributed by atoms with Crippen LogP contribution in [0.3, 0.4) is 0 Å². The molecule has 0 spiro atoms. The van der Waals surface area contributed by atoms with Crippen LogP contribution in [0.25, 0.3) is 10.2 Å². The highest BCUT2D eigenvalue weighted by Crippen LogP contribution is 2.35. The van der Waals surface area contributed by atoms with E-state index in [-0.39, 0.29) is 47.5 Å². The zero-order chi connectivity index (χ0) is 53.4. The molecule has 0 saturated heterocycles. The van der Waals surface area contributed by atoms with Crippen LogP contribution in [0.4, 0.5) is 5.13 Å². The molecule has 7 rings (SSSR count). The van der Waals surface area contributed by atoms with Crippen molar-refractivity contribution >= 4 is 74.1 Å². The monoisotopic (exact) mass is 1060 g/mol. The number of unbranched alkanes of at least 4 members (excludes halogenated alkanes) is 3. The molecule has 4 saturated carbocycles. The third kappa shape index (κ3) is 16.6. The van der Waals surface area contributed by atoms with Crippen molar-refractivity contribution in [1.29, 1.82) is 0 Å². The summed E-state index contributed by atoms with van der Waals surface area (Å²) in [6, 6.07) is 12.9. The first kappa shape index (κ1) is 57.0. The smallest absolute Gasteiger partial charge is 0.347 e. The van der Waals surface area contributed by atoms with Crippen molar-refractivity contribution in [2.75, 3.05) is 18.2 Å². The Balaban J connectivity index is 0.933. The number of fused-ring (bicyclic) bond motifs is 1. The molecule has 75 heavy (non-hydrogen) atoms. The average Bonchev–Trinajstić information content (AvgIpc) is 3.85. The Labute approximate surface area is 443 Å². The molecule has 4 aliphatic rings. The molecule has 4 fully saturated rings. The molecule has 1 N–H and O–H groups in total. The Kier molecular flexibility index (Phi) is 21.2. The van der Waals surface area contributed by atoms with Gasteiger partial charge in [0, 0.05) is 30.5 Å². The van der Waals surface area contributed by atoms with Crippen molar-refractivity contribution in [3.63, 3.8) is 0 Å². The van der Waals surface area contributed by atoms with E-state index in [2.05, 4.69) is 12.3 Å². The summed E-state index contributed by atoms with van der Waals surface area (Å²) in [6.45, 7) is 7.19. The van der Waals surface area contributed by atoms with Gasteiger partial charge in [-0.1, -0.05) is 49.7 Å². The first-order chi connectivity index (χ1) is 36.1. The summed E-state index contributed by atoms with van der Waals surface area (Å²) in [5.74, 6) is -3.86. The predicted octanol–water partition coefficient (Wildman–Crippen LogP) is 9.67. The van der Waals surface area contributed by atoms with Crippen LogP contribution in [0.5, 0.6) is 11.5 Å². The molecule has 2 aromatic carbocycles. The number of aromatic nitrogens is 1. The maximum atomic E-state index is 13.8. The number of ether oxygens (including phenoxy) is 6. The molecule has 1 atom stereocenters. The van der Waals surface area contributed by atoms with Gasteiger partial charge in [0.1, 0.15) is 35.3 Å². The van der Waals surface area contributed by atoms with Gasteiger partial charge in [-0.2, -0.15) is 0 Å². The highest BCUT2D eigenvalue weighted by atomic mass is 32.1. The summed E-state index contributed by atoms with van der Waals surface area (Å²) >= 11 is 1.57. The molecule has 4 aliphatic carbocycles. The zero-order valence-corrected chi connectivity index (χ0v) is 44.8. The molecular formula is C57H75N3O14S. The van der Waals surface area contributed by atoms with Crippen LogP contribution >= 0.6 is 11.3 Å². The lowest BCUT2D eigenvalue weighted by molar-refractivity contribution is -0.174. The summed E-state index contributed by atoms with van der Waals surface area (Å²) in [5.41, 5.74) is 4.99. The van der Waals surface area contributed by atoms with Crippen LogP contribution in [0.2, 0.25) is 0 Å². The fraction of sp³-hybridized carbons (Fsp3) is 0.632. The normalized spacial score (nSPS) is 24.2. The molecule has 17 nitrogen and oxygen atoms in total. The molecule has 18 heteroatoms. The Morgan fingerprint density at radius 1 is 0.640 bits per heavy atom. The molecule has 408 valence electrons. The summed E-state index contributed by atoms with van der Waals surface area (Å²) in [6.07, 6.45) is 10.3. The number of hydrogen-bond donors (Lipinski definition) is 1. The number of Topliss-reactive ketones (excluding diaryl/α,β-unsaturated/α-hetero) is 2. The van der Waals surface area contributed by atoms with Gasteiger partial charge in [-0.25, -0.2) is 20.0 Å². The summed E-state index contributed by atoms with van der Waals surface area (Å²) < 4.78 is 35.3. The number of nitrogens with one attached hydrogen (secondary N) is 1. The van der Waals surface area contributed by atoms with Crippen LogP contribution in [0, 0.1) is 35.5 Å². The lowest BCUT2D eigenvalue weighted by Gasteiger charge is -2.29. The van der Waals surface area contributed by atoms with Gasteiger partial charge < -0.3 is 28.4 Å². The number of carbonyl (C=O) groups is 8. The minimum Gasteiger partial charge on any atom is -0.460 e. The van der Waals surface area contributed by atoms with E-state index in [0.717, 1.165) is 41.0 Å². The number of hydrogen-bond acceptors (Lipinski definition) is 18. The number of esters is 6. The number of nitrogens with zero attached hydrogens (tertiary/aromatic N) is 2. The topological polar surface area (TPSA) is 220 Å². The quantitative estimate of drug-likeness (QED) is 0.0307. The van der Waals surface area contributed by atoms with Gasteiger partial charge in [0.05, 0.1) is 33.9 Å². The lowest BCUT2D eigenvalue weighted by atomic mass is 9.80. The van der Waals surface area contributed by atoms with Crippen molar-refractivity contribution < 1.29 is 66.8 Å². The molecule has 1 unspecified atom stereocenters. The minimum atomic E-state index is -1.08. The Hall–Kier alpha value is -5.75. The third-order valence-electron chi connectivity index (χ3n) is 15.5. The van der Waals surface area contributed by atoms with Crippen LogP contribution < -0.4 is 19.9 Å². The van der Waals surface area contributed by atoms with Crippen molar-refractivity contribution in [2.45, 2.75) is 181 Å². The molecule has 0 aliphatic heterocycles. The molecule has 0 radical (unpaired) electrons. The fourth-order valence-corrected chi connectivity index (χ4v) is 11.7. The van der Waals surface area contributed by atoms with Gasteiger partial charge >= 0.3 is 35.8 Å². The van der Waals surface area contributed by atoms with Gasteiger partial charge in [0.2, 0.25) is 5.13 Å². The van der Waals surface area contributed by atoms with Crippen LogP contribution in [-0.4, -0.2) is 83.8 Å². The third-order valence-corrected chi connectivity index (χ3v) is 16.6. The Morgan fingerprint density at radius 3 is 1.79 bits per heavy atom. The Morgan fingerprint density at radius 2 is 1.19 bits per heavy atom. The molecule has 3 aromatic rings. The van der Waals surface area contributed by atoms with Gasteiger partial charge in [-0.3, -0.25) is 33.8 Å².